The van der Waals surface area contributed by atoms with Crippen molar-refractivity contribution >= 4 is 11.6 Å². The zero-order chi connectivity index (χ0) is 9.30. The van der Waals surface area contributed by atoms with Gasteiger partial charge < -0.3 is 4.57 Å². The van der Waals surface area contributed by atoms with Crippen molar-refractivity contribution < 1.29 is 0 Å². The molecule has 0 saturated carbocycles. The fourth-order valence-corrected chi connectivity index (χ4v) is 1.62. The fraction of sp³-hybridized carbons (Fsp3) is 0.667. The molecule has 0 aliphatic rings. The zero-order valence-corrected chi connectivity index (χ0v) is 8.76. The van der Waals surface area contributed by atoms with Gasteiger partial charge in [-0.15, -0.1) is 0 Å². The van der Waals surface area contributed by atoms with Crippen molar-refractivity contribution in [2.75, 3.05) is 0 Å². The van der Waals surface area contributed by atoms with Crippen LogP contribution in [-0.2, 0) is 0 Å². The first-order valence-corrected chi connectivity index (χ1v) is 4.64. The lowest BCUT2D eigenvalue weighted by Gasteiger charge is -2.14. The third kappa shape index (κ3) is 1.63. The molecule has 0 bridgehead atoms. The van der Waals surface area contributed by atoms with Crippen molar-refractivity contribution in [3.05, 3.63) is 17.2 Å². The minimum absolute atomic E-state index is 0.386. The first-order chi connectivity index (χ1) is 5.54. The van der Waals surface area contributed by atoms with Gasteiger partial charge in [0, 0.05) is 12.0 Å². The maximum atomic E-state index is 5.98. The molecule has 1 aromatic heterocycles. The highest BCUT2D eigenvalue weighted by Gasteiger charge is 2.13. The number of halogens is 1. The van der Waals surface area contributed by atoms with Gasteiger partial charge in [0.15, 0.2) is 0 Å². The van der Waals surface area contributed by atoms with Crippen LogP contribution in [-0.4, -0.2) is 9.55 Å². The Kier molecular flexibility index (Phi) is 2.78. The molecule has 0 saturated heterocycles. The minimum Gasteiger partial charge on any atom is -0.316 e. The van der Waals surface area contributed by atoms with Crippen LogP contribution in [0.5, 0.6) is 0 Å². The van der Waals surface area contributed by atoms with Gasteiger partial charge in [0.2, 0.25) is 0 Å². The average molecular weight is 187 g/mol. The normalized spacial score (nSPS) is 11.6. The summed E-state index contributed by atoms with van der Waals surface area (Å²) in [6, 6.07) is 0.386. The molecule has 2 nitrogen and oxygen atoms in total. The van der Waals surface area contributed by atoms with Gasteiger partial charge in [-0.05, 0) is 13.8 Å². The molecule has 0 radical (unpaired) electrons. The van der Waals surface area contributed by atoms with Gasteiger partial charge in [-0.2, -0.15) is 0 Å². The van der Waals surface area contributed by atoms with Crippen LogP contribution in [0.2, 0.25) is 5.15 Å². The largest absolute Gasteiger partial charge is 0.316 e. The quantitative estimate of drug-likeness (QED) is 0.694. The molecule has 0 spiro atoms. The molecular formula is C9H15ClN2. The Balaban J connectivity index is 3.12. The highest BCUT2D eigenvalue weighted by Crippen LogP contribution is 2.23. The van der Waals surface area contributed by atoms with Crippen molar-refractivity contribution in [1.29, 1.82) is 0 Å². The molecule has 1 aromatic rings. The van der Waals surface area contributed by atoms with E-state index in [4.69, 9.17) is 11.6 Å². The molecule has 0 aliphatic carbocycles. The Hall–Kier alpha value is -0.500. The van der Waals surface area contributed by atoms with Crippen molar-refractivity contribution in [1.82, 2.24) is 9.55 Å². The summed E-state index contributed by atoms with van der Waals surface area (Å²) >= 11 is 5.98. The Morgan fingerprint density at radius 3 is 2.25 bits per heavy atom. The SMILES string of the molecule is CC(C)c1ncc(Cl)n1C(C)C. The Morgan fingerprint density at radius 1 is 1.33 bits per heavy atom. The number of imidazole rings is 1. The summed E-state index contributed by atoms with van der Waals surface area (Å²) in [5.74, 6) is 1.50. The van der Waals surface area contributed by atoms with Gasteiger partial charge in [-0.25, -0.2) is 4.98 Å². The Morgan fingerprint density at radius 2 is 1.92 bits per heavy atom. The predicted molar refractivity (Wildman–Crippen MR) is 51.7 cm³/mol. The number of nitrogens with zero attached hydrogens (tertiary/aromatic N) is 2. The first-order valence-electron chi connectivity index (χ1n) is 4.26. The molecular weight excluding hydrogens is 172 g/mol. The molecule has 0 atom stereocenters. The van der Waals surface area contributed by atoms with E-state index in [9.17, 15) is 0 Å². The maximum absolute atomic E-state index is 5.98. The highest BCUT2D eigenvalue weighted by atomic mass is 35.5. The second-order valence-corrected chi connectivity index (χ2v) is 3.94. The van der Waals surface area contributed by atoms with Crippen molar-refractivity contribution in [3.8, 4) is 0 Å². The lowest BCUT2D eigenvalue weighted by Crippen LogP contribution is -2.07. The summed E-state index contributed by atoms with van der Waals surface area (Å²) < 4.78 is 2.06. The van der Waals surface area contributed by atoms with Gasteiger partial charge in [0.25, 0.3) is 0 Å². The molecule has 1 rings (SSSR count). The van der Waals surface area contributed by atoms with Gasteiger partial charge in [-0.3, -0.25) is 0 Å². The van der Waals surface area contributed by atoms with Gasteiger partial charge in [0.05, 0.1) is 6.20 Å². The van der Waals surface area contributed by atoms with Crippen LogP contribution in [0.1, 0.15) is 45.5 Å². The topological polar surface area (TPSA) is 17.8 Å². The number of hydrogen-bond acceptors (Lipinski definition) is 1. The number of rotatable bonds is 2. The summed E-state index contributed by atoms with van der Waals surface area (Å²) in [5.41, 5.74) is 0. The molecule has 68 valence electrons. The standard InChI is InChI=1S/C9H15ClN2/c1-6(2)9-11-5-8(10)12(9)7(3)4/h5-7H,1-4H3. The van der Waals surface area contributed by atoms with E-state index < -0.39 is 0 Å². The van der Waals surface area contributed by atoms with E-state index in [1.165, 1.54) is 0 Å². The molecule has 0 unspecified atom stereocenters. The van der Waals surface area contributed by atoms with E-state index >= 15 is 0 Å². The second-order valence-electron chi connectivity index (χ2n) is 3.56. The second kappa shape index (κ2) is 3.48. The summed E-state index contributed by atoms with van der Waals surface area (Å²) in [6.07, 6.45) is 1.72. The van der Waals surface area contributed by atoms with E-state index in [2.05, 4.69) is 37.2 Å². The van der Waals surface area contributed by atoms with Crippen LogP contribution in [0.15, 0.2) is 6.20 Å². The molecule has 0 aromatic carbocycles. The lowest BCUT2D eigenvalue weighted by atomic mass is 10.2. The summed E-state index contributed by atoms with van der Waals surface area (Å²) in [5, 5.41) is 0.730. The average Bonchev–Trinajstić information content (AvgIpc) is 2.30. The van der Waals surface area contributed by atoms with E-state index in [1.807, 2.05) is 0 Å². The highest BCUT2D eigenvalue weighted by molar-refractivity contribution is 6.29. The Labute approximate surface area is 78.6 Å². The molecule has 0 aliphatic heterocycles. The molecule has 0 fully saturated rings. The van der Waals surface area contributed by atoms with Crippen LogP contribution < -0.4 is 0 Å². The van der Waals surface area contributed by atoms with E-state index in [0.717, 1.165) is 11.0 Å². The third-order valence-electron chi connectivity index (χ3n) is 1.81. The fourth-order valence-electron chi connectivity index (χ4n) is 1.29. The molecule has 0 amide bonds. The summed E-state index contributed by atoms with van der Waals surface area (Å²) in [4.78, 5) is 4.27. The van der Waals surface area contributed by atoms with Crippen molar-refractivity contribution in [3.63, 3.8) is 0 Å². The van der Waals surface area contributed by atoms with Crippen LogP contribution in [0.25, 0.3) is 0 Å². The van der Waals surface area contributed by atoms with E-state index in [-0.39, 0.29) is 0 Å². The molecule has 12 heavy (non-hydrogen) atoms. The summed E-state index contributed by atoms with van der Waals surface area (Å²) in [7, 11) is 0. The monoisotopic (exact) mass is 186 g/mol. The molecule has 1 heterocycles. The van der Waals surface area contributed by atoms with Crippen LogP contribution >= 0.6 is 11.6 Å². The van der Waals surface area contributed by atoms with Crippen LogP contribution in [0.3, 0.4) is 0 Å². The van der Waals surface area contributed by atoms with Crippen molar-refractivity contribution in [2.24, 2.45) is 0 Å². The van der Waals surface area contributed by atoms with E-state index in [1.54, 1.807) is 6.20 Å². The number of aromatic nitrogens is 2. The number of hydrogen-bond donors (Lipinski definition) is 0. The molecule has 3 heteroatoms. The van der Waals surface area contributed by atoms with Gasteiger partial charge in [0.1, 0.15) is 11.0 Å². The van der Waals surface area contributed by atoms with Gasteiger partial charge >= 0.3 is 0 Å². The predicted octanol–water partition coefficient (Wildman–Crippen LogP) is 3.24. The van der Waals surface area contributed by atoms with Gasteiger partial charge in [-0.1, -0.05) is 25.4 Å². The Bertz CT molecular complexity index is 263. The van der Waals surface area contributed by atoms with E-state index in [0.29, 0.717) is 12.0 Å². The van der Waals surface area contributed by atoms with Crippen LogP contribution in [0.4, 0.5) is 0 Å². The zero-order valence-electron chi connectivity index (χ0n) is 8.00. The minimum atomic E-state index is 0.386. The van der Waals surface area contributed by atoms with Crippen molar-refractivity contribution in [2.45, 2.75) is 39.7 Å². The smallest absolute Gasteiger partial charge is 0.129 e. The third-order valence-corrected chi connectivity index (χ3v) is 2.09. The lowest BCUT2D eigenvalue weighted by molar-refractivity contribution is 0.550. The summed E-state index contributed by atoms with van der Waals surface area (Å²) in [6.45, 7) is 8.47. The first kappa shape index (κ1) is 9.59. The maximum Gasteiger partial charge on any atom is 0.129 e. The van der Waals surface area contributed by atoms with Crippen LogP contribution in [0, 0.1) is 0 Å². The molecule has 0 N–H and O–H groups in total.